The number of fused-ring (bicyclic) bond motifs is 1. The van der Waals surface area contributed by atoms with E-state index in [1.54, 1.807) is 0 Å². The zero-order chi connectivity index (χ0) is 17.1. The lowest BCUT2D eigenvalue weighted by Crippen LogP contribution is -2.22. The van der Waals surface area contributed by atoms with Crippen molar-refractivity contribution in [2.45, 2.75) is 6.54 Å². The van der Waals surface area contributed by atoms with E-state index in [9.17, 15) is 4.79 Å². The largest absolute Gasteiger partial charge is 0.347 e. The van der Waals surface area contributed by atoms with Crippen LogP contribution in [0.4, 0.5) is 11.5 Å². The van der Waals surface area contributed by atoms with Crippen molar-refractivity contribution in [3.8, 4) is 0 Å². The maximum atomic E-state index is 12.5. The molecular formula is C18H15N5OS. The van der Waals surface area contributed by atoms with Gasteiger partial charge in [-0.05, 0) is 23.1 Å². The Bertz CT molecular complexity index is 1010. The van der Waals surface area contributed by atoms with Crippen molar-refractivity contribution in [1.82, 2.24) is 20.3 Å². The quantitative estimate of drug-likeness (QED) is 0.513. The van der Waals surface area contributed by atoms with Crippen molar-refractivity contribution in [1.29, 1.82) is 0 Å². The molecule has 4 rings (SSSR count). The molecule has 25 heavy (non-hydrogen) atoms. The van der Waals surface area contributed by atoms with E-state index < -0.39 is 0 Å². The van der Waals surface area contributed by atoms with Gasteiger partial charge in [-0.1, -0.05) is 30.3 Å². The number of aromatic nitrogens is 3. The molecule has 0 bridgehead atoms. The Balaban J connectivity index is 1.52. The van der Waals surface area contributed by atoms with Crippen molar-refractivity contribution >= 4 is 39.8 Å². The van der Waals surface area contributed by atoms with Crippen molar-refractivity contribution in [2.24, 2.45) is 0 Å². The van der Waals surface area contributed by atoms with Crippen molar-refractivity contribution in [2.75, 3.05) is 5.32 Å². The van der Waals surface area contributed by atoms with Crippen molar-refractivity contribution in [3.05, 3.63) is 70.8 Å². The summed E-state index contributed by atoms with van der Waals surface area (Å²) < 4.78 is 0. The number of nitrogens with one attached hydrogen (secondary N) is 3. The van der Waals surface area contributed by atoms with Gasteiger partial charge in [0.15, 0.2) is 0 Å². The second kappa shape index (κ2) is 6.74. The topological polar surface area (TPSA) is 82.7 Å². The van der Waals surface area contributed by atoms with Gasteiger partial charge in [0.1, 0.15) is 22.7 Å². The number of rotatable bonds is 5. The first kappa shape index (κ1) is 15.3. The zero-order valence-corrected chi connectivity index (χ0v) is 14.0. The minimum Gasteiger partial charge on any atom is -0.347 e. The van der Waals surface area contributed by atoms with Gasteiger partial charge in [0.25, 0.3) is 5.91 Å². The first-order valence-electron chi connectivity index (χ1n) is 7.76. The van der Waals surface area contributed by atoms with Crippen LogP contribution in [0.15, 0.2) is 60.4 Å². The van der Waals surface area contributed by atoms with Gasteiger partial charge in [-0.2, -0.15) is 0 Å². The molecule has 7 heteroatoms. The number of carbonyl (C=O) groups excluding carboxylic acids is 1. The van der Waals surface area contributed by atoms with Crippen LogP contribution >= 0.6 is 11.3 Å². The standard InChI is InChI=1S/C18H15N5OS/c24-18(20-10-12-4-2-1-3-5-12)15-14(7-9-25-15)23-17-13-6-8-19-16(13)21-11-22-17/h1-9,11H,10H2,(H,20,24)(H2,19,21,22,23). The fourth-order valence-electron chi connectivity index (χ4n) is 2.54. The Labute approximate surface area is 148 Å². The molecule has 124 valence electrons. The Hall–Kier alpha value is -3.19. The van der Waals surface area contributed by atoms with E-state index in [4.69, 9.17) is 0 Å². The number of thiophene rings is 1. The Morgan fingerprint density at radius 2 is 2.00 bits per heavy atom. The lowest BCUT2D eigenvalue weighted by molar-refractivity contribution is 0.0955. The van der Waals surface area contributed by atoms with Crippen LogP contribution in [0.2, 0.25) is 0 Å². The maximum absolute atomic E-state index is 12.5. The molecule has 3 aromatic heterocycles. The molecule has 0 saturated carbocycles. The number of hydrogen-bond donors (Lipinski definition) is 3. The number of H-pyrrole nitrogens is 1. The van der Waals surface area contributed by atoms with Gasteiger partial charge in [0.2, 0.25) is 0 Å². The molecule has 0 aliphatic rings. The number of hydrogen-bond acceptors (Lipinski definition) is 5. The summed E-state index contributed by atoms with van der Waals surface area (Å²) in [6.45, 7) is 0.493. The molecule has 0 saturated heterocycles. The first-order chi connectivity index (χ1) is 12.3. The fraction of sp³-hybridized carbons (Fsp3) is 0.0556. The van der Waals surface area contributed by atoms with Gasteiger partial charge >= 0.3 is 0 Å². The SMILES string of the molecule is O=C(NCc1ccccc1)c1sccc1Nc1ncnc2[nH]ccc12. The normalized spacial score (nSPS) is 10.7. The summed E-state index contributed by atoms with van der Waals surface area (Å²) in [5.74, 6) is 0.558. The summed E-state index contributed by atoms with van der Waals surface area (Å²) in [5.41, 5.74) is 2.55. The van der Waals surface area contributed by atoms with E-state index in [2.05, 4.69) is 25.6 Å². The highest BCUT2D eigenvalue weighted by molar-refractivity contribution is 7.12. The molecule has 0 spiro atoms. The smallest absolute Gasteiger partial charge is 0.263 e. The molecule has 6 nitrogen and oxygen atoms in total. The van der Waals surface area contributed by atoms with Gasteiger partial charge in [-0.3, -0.25) is 4.79 Å². The minimum atomic E-state index is -0.110. The summed E-state index contributed by atoms with van der Waals surface area (Å²) in [6.07, 6.45) is 3.30. The molecule has 0 atom stereocenters. The second-order valence-corrected chi connectivity index (χ2v) is 6.34. The zero-order valence-electron chi connectivity index (χ0n) is 13.2. The van der Waals surface area contributed by atoms with E-state index in [0.29, 0.717) is 17.2 Å². The molecule has 0 aliphatic carbocycles. The number of aromatic amines is 1. The predicted octanol–water partition coefficient (Wildman–Crippen LogP) is 3.69. The second-order valence-electron chi connectivity index (χ2n) is 5.42. The van der Waals surface area contributed by atoms with Crippen molar-refractivity contribution < 1.29 is 4.79 Å². The van der Waals surface area contributed by atoms with Gasteiger partial charge in [0, 0.05) is 12.7 Å². The predicted molar refractivity (Wildman–Crippen MR) is 99.1 cm³/mol. The van der Waals surface area contributed by atoms with Crippen LogP contribution in [0.1, 0.15) is 15.2 Å². The third kappa shape index (κ3) is 3.22. The summed E-state index contributed by atoms with van der Waals surface area (Å²) >= 11 is 1.39. The van der Waals surface area contributed by atoms with E-state index in [-0.39, 0.29) is 5.91 Å². The van der Waals surface area contributed by atoms with Gasteiger partial charge in [-0.15, -0.1) is 11.3 Å². The molecule has 1 amide bonds. The van der Waals surface area contributed by atoms with Crippen LogP contribution in [-0.2, 0) is 6.54 Å². The Morgan fingerprint density at radius 3 is 2.88 bits per heavy atom. The number of amides is 1. The van der Waals surface area contributed by atoms with E-state index in [1.165, 1.54) is 17.7 Å². The monoisotopic (exact) mass is 349 g/mol. The average molecular weight is 349 g/mol. The summed E-state index contributed by atoms with van der Waals surface area (Å²) in [4.78, 5) is 24.6. The van der Waals surface area contributed by atoms with Crippen LogP contribution in [0.3, 0.4) is 0 Å². The molecule has 0 radical (unpaired) electrons. The highest BCUT2D eigenvalue weighted by atomic mass is 32.1. The van der Waals surface area contributed by atoms with Crippen LogP contribution in [0.5, 0.6) is 0 Å². The number of carbonyl (C=O) groups is 1. The minimum absolute atomic E-state index is 0.110. The molecule has 3 N–H and O–H groups in total. The van der Waals surface area contributed by atoms with Crippen LogP contribution < -0.4 is 10.6 Å². The third-order valence-electron chi connectivity index (χ3n) is 3.77. The van der Waals surface area contributed by atoms with E-state index in [1.807, 2.05) is 54.0 Å². The summed E-state index contributed by atoms with van der Waals surface area (Å²) in [6, 6.07) is 13.6. The molecule has 0 unspecified atom stereocenters. The average Bonchev–Trinajstić information content (AvgIpc) is 3.30. The van der Waals surface area contributed by atoms with Crippen molar-refractivity contribution in [3.63, 3.8) is 0 Å². The third-order valence-corrected chi connectivity index (χ3v) is 4.69. The van der Waals surface area contributed by atoms with E-state index >= 15 is 0 Å². The van der Waals surface area contributed by atoms with Crippen LogP contribution in [0, 0.1) is 0 Å². The molecule has 3 heterocycles. The molecule has 0 fully saturated rings. The summed E-state index contributed by atoms with van der Waals surface area (Å²) in [5, 5.41) is 8.95. The maximum Gasteiger partial charge on any atom is 0.263 e. The highest BCUT2D eigenvalue weighted by Crippen LogP contribution is 2.28. The number of nitrogens with zero attached hydrogens (tertiary/aromatic N) is 2. The van der Waals surface area contributed by atoms with E-state index in [0.717, 1.165) is 22.3 Å². The fourth-order valence-corrected chi connectivity index (χ4v) is 3.31. The summed E-state index contributed by atoms with van der Waals surface area (Å²) in [7, 11) is 0. The highest BCUT2D eigenvalue weighted by Gasteiger charge is 2.15. The number of anilines is 2. The van der Waals surface area contributed by atoms with Gasteiger partial charge in [-0.25, -0.2) is 9.97 Å². The van der Waals surface area contributed by atoms with Crippen LogP contribution in [-0.4, -0.2) is 20.9 Å². The first-order valence-corrected chi connectivity index (χ1v) is 8.64. The van der Waals surface area contributed by atoms with Gasteiger partial charge < -0.3 is 15.6 Å². The molecular weight excluding hydrogens is 334 g/mol. The van der Waals surface area contributed by atoms with Crippen LogP contribution in [0.25, 0.3) is 11.0 Å². The molecule has 0 aliphatic heterocycles. The molecule has 1 aromatic carbocycles. The lowest BCUT2D eigenvalue weighted by atomic mass is 10.2. The molecule has 4 aromatic rings. The Morgan fingerprint density at radius 1 is 1.12 bits per heavy atom. The van der Waals surface area contributed by atoms with Gasteiger partial charge in [0.05, 0.1) is 11.1 Å². The Kier molecular flexibility index (Phi) is 4.14. The number of benzene rings is 1. The lowest BCUT2D eigenvalue weighted by Gasteiger charge is -2.08.